The number of ether oxygens (including phenoxy) is 2. The number of carbonyl (C=O) groups excluding carboxylic acids is 2. The molecule has 3 aromatic rings. The highest BCUT2D eigenvalue weighted by atomic mass is 35.5. The summed E-state index contributed by atoms with van der Waals surface area (Å²) in [6.07, 6.45) is -1.42. The lowest BCUT2D eigenvalue weighted by Crippen LogP contribution is -2.36. The van der Waals surface area contributed by atoms with E-state index in [0.717, 1.165) is 16.7 Å². The maximum atomic E-state index is 12.8. The van der Waals surface area contributed by atoms with Gasteiger partial charge >= 0.3 is 11.9 Å². The lowest BCUT2D eigenvalue weighted by molar-refractivity contribution is -0.166. The second kappa shape index (κ2) is 10.8. The fraction of sp³-hybridized carbons (Fsp3) is 0.167. The first-order chi connectivity index (χ1) is 14.9. The molecule has 0 spiro atoms. The van der Waals surface area contributed by atoms with Crippen molar-refractivity contribution in [2.24, 2.45) is 0 Å². The average Bonchev–Trinajstić information content (AvgIpc) is 2.75. The number of carbonyl (C=O) groups is 2. The summed E-state index contributed by atoms with van der Waals surface area (Å²) >= 11 is 12.4. The van der Waals surface area contributed by atoms with Gasteiger partial charge in [0.2, 0.25) is 0 Å². The van der Waals surface area contributed by atoms with Crippen LogP contribution in [-0.2, 0) is 32.1 Å². The normalized spacial score (nSPS) is 11.5. The van der Waals surface area contributed by atoms with Gasteiger partial charge in [0.15, 0.2) is 0 Å². The molecule has 0 fully saturated rings. The molecule has 0 bridgehead atoms. The number of rotatable bonds is 8. The Kier molecular flexibility index (Phi) is 7.93. The Morgan fingerprint density at radius 3 is 2.23 bits per heavy atom. The Labute approximate surface area is 190 Å². The van der Waals surface area contributed by atoms with E-state index >= 15 is 0 Å². The molecule has 0 aromatic heterocycles. The van der Waals surface area contributed by atoms with E-state index in [2.05, 4.69) is 5.32 Å². The number of hydrogen-bond donors (Lipinski definition) is 1. The molecule has 1 N–H and O–H groups in total. The summed E-state index contributed by atoms with van der Waals surface area (Å²) in [5.41, 5.74) is 2.86. The lowest BCUT2D eigenvalue weighted by Gasteiger charge is -2.20. The first kappa shape index (κ1) is 22.7. The van der Waals surface area contributed by atoms with Crippen LogP contribution in [0.4, 0.5) is 5.69 Å². The van der Waals surface area contributed by atoms with Crippen molar-refractivity contribution in [3.63, 3.8) is 0 Å². The first-order valence-corrected chi connectivity index (χ1v) is 10.3. The predicted octanol–water partition coefficient (Wildman–Crippen LogP) is 5.57. The molecular weight excluding hydrogens is 437 g/mol. The van der Waals surface area contributed by atoms with Gasteiger partial charge in [-0.1, -0.05) is 83.9 Å². The molecule has 0 aliphatic carbocycles. The zero-order valence-electron chi connectivity index (χ0n) is 16.8. The summed E-state index contributed by atoms with van der Waals surface area (Å²) in [6.45, 7) is 1.96. The summed E-state index contributed by atoms with van der Waals surface area (Å²) in [5.74, 6) is -1.36. The van der Waals surface area contributed by atoms with Crippen molar-refractivity contribution in [1.82, 2.24) is 0 Å². The third-order valence-corrected chi connectivity index (χ3v) is 5.15. The Bertz CT molecular complexity index is 1040. The van der Waals surface area contributed by atoms with Crippen molar-refractivity contribution < 1.29 is 19.1 Å². The van der Waals surface area contributed by atoms with Crippen LogP contribution in [-0.4, -0.2) is 18.2 Å². The third kappa shape index (κ3) is 6.48. The van der Waals surface area contributed by atoms with Crippen molar-refractivity contribution in [2.45, 2.75) is 26.2 Å². The lowest BCUT2D eigenvalue weighted by atomic mass is 10.1. The fourth-order valence-corrected chi connectivity index (χ4v) is 3.34. The van der Waals surface area contributed by atoms with Crippen LogP contribution < -0.4 is 5.32 Å². The number of nitrogens with one attached hydrogen (secondary N) is 1. The second-order valence-corrected chi connectivity index (χ2v) is 7.62. The molecule has 0 aliphatic rings. The summed E-state index contributed by atoms with van der Waals surface area (Å²) in [6, 6.07) is 21.5. The van der Waals surface area contributed by atoms with E-state index in [-0.39, 0.29) is 28.8 Å². The maximum Gasteiger partial charge on any atom is 0.369 e. The summed E-state index contributed by atoms with van der Waals surface area (Å²) < 4.78 is 10.8. The zero-order chi connectivity index (χ0) is 22.2. The summed E-state index contributed by atoms with van der Waals surface area (Å²) in [5, 5.41) is 3.36. The minimum absolute atomic E-state index is 0.000345. The first-order valence-electron chi connectivity index (χ1n) is 9.59. The number of aryl methyl sites for hydroxylation is 1. The van der Waals surface area contributed by atoms with Crippen molar-refractivity contribution in [2.75, 3.05) is 5.32 Å². The minimum Gasteiger partial charge on any atom is -0.457 e. The molecule has 3 aromatic carbocycles. The van der Waals surface area contributed by atoms with Crippen LogP contribution in [0.5, 0.6) is 0 Å². The van der Waals surface area contributed by atoms with Crippen LogP contribution in [0.25, 0.3) is 0 Å². The van der Waals surface area contributed by atoms with Gasteiger partial charge in [0.1, 0.15) is 6.61 Å². The molecule has 0 saturated heterocycles. The highest BCUT2D eigenvalue weighted by Gasteiger charge is 2.26. The van der Waals surface area contributed by atoms with E-state index in [0.29, 0.717) is 0 Å². The highest BCUT2D eigenvalue weighted by molar-refractivity contribution is 6.39. The van der Waals surface area contributed by atoms with Gasteiger partial charge in [-0.3, -0.25) is 4.79 Å². The molecule has 1 atom stereocenters. The van der Waals surface area contributed by atoms with Gasteiger partial charge in [-0.2, -0.15) is 0 Å². The fourth-order valence-electron chi connectivity index (χ4n) is 2.84. The van der Waals surface area contributed by atoms with Gasteiger partial charge in [-0.25, -0.2) is 4.79 Å². The van der Waals surface area contributed by atoms with Crippen molar-refractivity contribution >= 4 is 40.8 Å². The Morgan fingerprint density at radius 1 is 0.903 bits per heavy atom. The van der Waals surface area contributed by atoms with Crippen LogP contribution in [0.3, 0.4) is 0 Å². The van der Waals surface area contributed by atoms with E-state index in [9.17, 15) is 9.59 Å². The molecule has 0 radical (unpaired) electrons. The molecule has 0 amide bonds. The van der Waals surface area contributed by atoms with Crippen LogP contribution >= 0.6 is 23.2 Å². The number of benzene rings is 3. The van der Waals surface area contributed by atoms with E-state index in [1.54, 1.807) is 30.3 Å². The van der Waals surface area contributed by atoms with Gasteiger partial charge in [0.05, 0.1) is 22.2 Å². The molecule has 0 aliphatic heterocycles. The molecule has 0 saturated carbocycles. The van der Waals surface area contributed by atoms with Gasteiger partial charge in [0, 0.05) is 0 Å². The quantitative estimate of drug-likeness (QED) is 0.353. The number of anilines is 1. The number of halogens is 2. The molecule has 7 heteroatoms. The van der Waals surface area contributed by atoms with E-state index in [1.807, 2.05) is 49.4 Å². The monoisotopic (exact) mass is 457 g/mol. The van der Waals surface area contributed by atoms with Crippen molar-refractivity contribution in [3.05, 3.63) is 99.5 Å². The standard InChI is InChI=1S/C24H21Cl2NO4/c1-16-8-5-6-11-18(16)15-30-24(29)23(27-22-19(25)12-7-13-20(22)26)31-21(28)14-17-9-3-2-4-10-17/h2-13,23,27H,14-15H2,1H3. The highest BCUT2D eigenvalue weighted by Crippen LogP contribution is 2.30. The van der Waals surface area contributed by atoms with E-state index in [1.165, 1.54) is 0 Å². The van der Waals surface area contributed by atoms with E-state index in [4.69, 9.17) is 32.7 Å². The molecular formula is C24H21Cl2NO4. The van der Waals surface area contributed by atoms with Gasteiger partial charge in [-0.05, 0) is 35.7 Å². The van der Waals surface area contributed by atoms with Crippen LogP contribution in [0.2, 0.25) is 10.0 Å². The molecule has 31 heavy (non-hydrogen) atoms. The number of para-hydroxylation sites is 1. The maximum absolute atomic E-state index is 12.8. The van der Waals surface area contributed by atoms with Crippen LogP contribution in [0.1, 0.15) is 16.7 Å². The summed E-state index contributed by atoms with van der Waals surface area (Å²) in [7, 11) is 0. The Hall–Kier alpha value is -3.02. The van der Waals surface area contributed by atoms with Gasteiger partial charge < -0.3 is 14.8 Å². The Morgan fingerprint density at radius 2 is 1.55 bits per heavy atom. The summed E-state index contributed by atoms with van der Waals surface area (Å²) in [4.78, 5) is 25.3. The van der Waals surface area contributed by atoms with Crippen LogP contribution in [0.15, 0.2) is 72.8 Å². The molecule has 5 nitrogen and oxygen atoms in total. The predicted molar refractivity (Wildman–Crippen MR) is 121 cm³/mol. The SMILES string of the molecule is Cc1ccccc1COC(=O)C(Nc1c(Cl)cccc1Cl)OC(=O)Cc1ccccc1. The Balaban J connectivity index is 1.75. The molecule has 0 heterocycles. The molecule has 160 valence electrons. The second-order valence-electron chi connectivity index (χ2n) is 6.81. The van der Waals surface area contributed by atoms with Crippen molar-refractivity contribution in [3.8, 4) is 0 Å². The van der Waals surface area contributed by atoms with Crippen molar-refractivity contribution in [1.29, 1.82) is 0 Å². The van der Waals surface area contributed by atoms with Gasteiger partial charge in [-0.15, -0.1) is 0 Å². The third-order valence-electron chi connectivity index (χ3n) is 4.52. The molecule has 1 unspecified atom stereocenters. The largest absolute Gasteiger partial charge is 0.457 e. The van der Waals surface area contributed by atoms with Gasteiger partial charge in [0.25, 0.3) is 6.23 Å². The number of esters is 2. The zero-order valence-corrected chi connectivity index (χ0v) is 18.3. The van der Waals surface area contributed by atoms with Crippen LogP contribution in [0, 0.1) is 6.92 Å². The molecule has 3 rings (SSSR count). The average molecular weight is 458 g/mol. The van der Waals surface area contributed by atoms with E-state index < -0.39 is 18.2 Å². The number of hydrogen-bond acceptors (Lipinski definition) is 5. The smallest absolute Gasteiger partial charge is 0.369 e. The topological polar surface area (TPSA) is 64.6 Å². The minimum atomic E-state index is -1.42.